The molecule has 1 atom stereocenters. The van der Waals surface area contributed by atoms with Gasteiger partial charge < -0.3 is 9.64 Å². The summed E-state index contributed by atoms with van der Waals surface area (Å²) in [6.45, 7) is 7.40. The molecule has 0 N–H and O–H groups in total. The first-order valence-corrected chi connectivity index (χ1v) is 9.50. The molecule has 1 amide bonds. The molecular formula is C17H24N4O2S. The quantitative estimate of drug-likeness (QED) is 0.850. The second-order valence-electron chi connectivity index (χ2n) is 6.77. The third-order valence-electron chi connectivity index (χ3n) is 5.05. The van der Waals surface area contributed by atoms with Crippen LogP contribution >= 0.6 is 11.3 Å². The maximum atomic E-state index is 12.8. The summed E-state index contributed by atoms with van der Waals surface area (Å²) in [6.07, 6.45) is 2.75. The van der Waals surface area contributed by atoms with Gasteiger partial charge >= 0.3 is 0 Å². The van der Waals surface area contributed by atoms with Crippen molar-refractivity contribution in [3.8, 4) is 0 Å². The fourth-order valence-electron chi connectivity index (χ4n) is 3.68. The first-order chi connectivity index (χ1) is 11.6. The third kappa shape index (κ3) is 2.96. The number of aromatic nitrogens is 2. The van der Waals surface area contributed by atoms with E-state index in [2.05, 4.69) is 10.00 Å². The van der Waals surface area contributed by atoms with Crippen molar-refractivity contribution in [2.45, 2.75) is 25.9 Å². The van der Waals surface area contributed by atoms with Crippen LogP contribution in [0.1, 0.15) is 28.2 Å². The van der Waals surface area contributed by atoms with Gasteiger partial charge in [-0.15, -0.1) is 11.3 Å². The molecule has 2 aromatic rings. The molecule has 2 aromatic heterocycles. The molecule has 0 aliphatic carbocycles. The van der Waals surface area contributed by atoms with Gasteiger partial charge in [0.1, 0.15) is 4.83 Å². The minimum absolute atomic E-state index is 0.160. The normalized spacial score (nSPS) is 22.6. The van der Waals surface area contributed by atoms with Crippen LogP contribution in [0, 0.1) is 6.92 Å². The Kier molecular flexibility index (Phi) is 4.32. The van der Waals surface area contributed by atoms with Crippen LogP contribution in [0.5, 0.6) is 0 Å². The number of nitrogens with zero attached hydrogens (tertiary/aromatic N) is 4. The average molecular weight is 348 g/mol. The lowest BCUT2D eigenvalue weighted by Gasteiger charge is -2.35. The predicted molar refractivity (Wildman–Crippen MR) is 94.6 cm³/mol. The highest BCUT2D eigenvalue weighted by atomic mass is 32.1. The Bertz CT molecular complexity index is 705. The lowest BCUT2D eigenvalue weighted by Crippen LogP contribution is -2.50. The topological polar surface area (TPSA) is 50.6 Å². The zero-order valence-corrected chi connectivity index (χ0v) is 15.1. The van der Waals surface area contributed by atoms with Crippen molar-refractivity contribution < 1.29 is 9.53 Å². The first-order valence-electron chi connectivity index (χ1n) is 8.68. The van der Waals surface area contributed by atoms with Gasteiger partial charge in [0.2, 0.25) is 0 Å². The molecule has 7 heteroatoms. The fourth-order valence-corrected chi connectivity index (χ4v) is 4.77. The highest BCUT2D eigenvalue weighted by Gasteiger charge is 2.26. The summed E-state index contributed by atoms with van der Waals surface area (Å²) < 4.78 is 7.58. The molecule has 1 unspecified atom stereocenters. The summed E-state index contributed by atoms with van der Waals surface area (Å²) in [5.74, 6) is 0.160. The van der Waals surface area contributed by atoms with E-state index < -0.39 is 0 Å². The summed E-state index contributed by atoms with van der Waals surface area (Å²) in [6, 6.07) is 2.00. The molecule has 4 heterocycles. The third-order valence-corrected chi connectivity index (χ3v) is 6.24. The Labute approximate surface area is 146 Å². The molecule has 130 valence electrons. The van der Waals surface area contributed by atoms with E-state index in [1.807, 2.05) is 29.6 Å². The minimum atomic E-state index is 0.160. The van der Waals surface area contributed by atoms with E-state index in [1.165, 1.54) is 12.8 Å². The van der Waals surface area contributed by atoms with E-state index in [0.717, 1.165) is 60.1 Å². The van der Waals surface area contributed by atoms with E-state index in [1.54, 1.807) is 11.3 Å². The Balaban J connectivity index is 1.39. The number of hydrogen-bond acceptors (Lipinski definition) is 5. The van der Waals surface area contributed by atoms with Crippen LogP contribution in [0.3, 0.4) is 0 Å². The summed E-state index contributed by atoms with van der Waals surface area (Å²) in [5, 5.41) is 5.51. The summed E-state index contributed by atoms with van der Waals surface area (Å²) in [5.41, 5.74) is 0.990. The van der Waals surface area contributed by atoms with Gasteiger partial charge in [0.25, 0.3) is 5.91 Å². The van der Waals surface area contributed by atoms with Gasteiger partial charge in [0.05, 0.1) is 16.7 Å². The van der Waals surface area contributed by atoms with Crippen LogP contribution in [0.15, 0.2) is 6.07 Å². The highest BCUT2D eigenvalue weighted by molar-refractivity contribution is 7.20. The van der Waals surface area contributed by atoms with Crippen molar-refractivity contribution >= 4 is 27.5 Å². The van der Waals surface area contributed by atoms with Crippen LogP contribution in [-0.4, -0.2) is 70.9 Å². The molecule has 6 nitrogen and oxygen atoms in total. The number of piperazine rings is 1. The number of hydrogen-bond donors (Lipinski definition) is 0. The summed E-state index contributed by atoms with van der Waals surface area (Å²) in [4.78, 5) is 19.1. The van der Waals surface area contributed by atoms with Crippen molar-refractivity contribution in [1.29, 1.82) is 0 Å². The fraction of sp³-hybridized carbons (Fsp3) is 0.647. The molecule has 0 saturated carbocycles. The first kappa shape index (κ1) is 16.1. The molecule has 2 aliphatic heterocycles. The van der Waals surface area contributed by atoms with Gasteiger partial charge in [-0.25, -0.2) is 0 Å². The van der Waals surface area contributed by atoms with Crippen molar-refractivity contribution in [1.82, 2.24) is 19.6 Å². The maximum absolute atomic E-state index is 12.8. The zero-order valence-electron chi connectivity index (χ0n) is 14.3. The van der Waals surface area contributed by atoms with Crippen molar-refractivity contribution in [3.05, 3.63) is 16.6 Å². The molecule has 0 bridgehead atoms. The number of rotatable bonds is 3. The maximum Gasteiger partial charge on any atom is 0.264 e. The SMILES string of the molecule is Cc1nn(C)c2sc(C(=O)N3CCN(CC4CCCO4)CC3)cc12. The number of aryl methyl sites for hydroxylation is 2. The van der Waals surface area contributed by atoms with Gasteiger partial charge in [0.15, 0.2) is 0 Å². The van der Waals surface area contributed by atoms with Crippen molar-refractivity contribution in [2.24, 2.45) is 7.05 Å². The van der Waals surface area contributed by atoms with Crippen molar-refractivity contribution in [3.63, 3.8) is 0 Å². The van der Waals surface area contributed by atoms with Crippen LogP contribution in [-0.2, 0) is 11.8 Å². The van der Waals surface area contributed by atoms with Gasteiger partial charge in [-0.2, -0.15) is 5.10 Å². The second kappa shape index (κ2) is 6.46. The van der Waals surface area contributed by atoms with Crippen LogP contribution in [0.2, 0.25) is 0 Å². The van der Waals surface area contributed by atoms with Gasteiger partial charge in [-0.1, -0.05) is 0 Å². The Morgan fingerprint density at radius 3 is 2.83 bits per heavy atom. The molecule has 2 aliphatic rings. The molecule has 2 fully saturated rings. The highest BCUT2D eigenvalue weighted by Crippen LogP contribution is 2.28. The molecule has 2 saturated heterocycles. The van der Waals surface area contributed by atoms with E-state index in [0.29, 0.717) is 6.10 Å². The number of carbonyl (C=O) groups is 1. The number of thiophene rings is 1. The smallest absolute Gasteiger partial charge is 0.264 e. The molecule has 0 aromatic carbocycles. The number of fused-ring (bicyclic) bond motifs is 1. The lowest BCUT2D eigenvalue weighted by atomic mass is 10.2. The zero-order chi connectivity index (χ0) is 16.7. The second-order valence-corrected chi connectivity index (χ2v) is 7.80. The summed E-state index contributed by atoms with van der Waals surface area (Å²) in [7, 11) is 1.93. The largest absolute Gasteiger partial charge is 0.377 e. The lowest BCUT2D eigenvalue weighted by molar-refractivity contribution is 0.0435. The van der Waals surface area contributed by atoms with Gasteiger partial charge in [-0.3, -0.25) is 14.4 Å². The van der Waals surface area contributed by atoms with Gasteiger partial charge in [0, 0.05) is 51.8 Å². The Morgan fingerprint density at radius 2 is 2.17 bits per heavy atom. The van der Waals surface area contributed by atoms with E-state index >= 15 is 0 Å². The molecule has 4 rings (SSSR count). The monoisotopic (exact) mass is 348 g/mol. The van der Waals surface area contributed by atoms with Gasteiger partial charge in [-0.05, 0) is 25.8 Å². The Morgan fingerprint density at radius 1 is 1.38 bits per heavy atom. The van der Waals surface area contributed by atoms with E-state index in [4.69, 9.17) is 4.74 Å². The molecule has 0 radical (unpaired) electrons. The number of amides is 1. The standard InChI is InChI=1S/C17H24N4O2S/c1-12-14-10-15(24-17(14)19(2)18-12)16(22)21-7-5-20(6-8-21)11-13-4-3-9-23-13/h10,13H,3-9,11H2,1-2H3. The average Bonchev–Trinajstić information content (AvgIpc) is 3.28. The van der Waals surface area contributed by atoms with Crippen LogP contribution < -0.4 is 0 Å². The molecular weight excluding hydrogens is 324 g/mol. The predicted octanol–water partition coefficient (Wildman–Crippen LogP) is 1.88. The van der Waals surface area contributed by atoms with E-state index in [-0.39, 0.29) is 5.91 Å². The van der Waals surface area contributed by atoms with Crippen molar-refractivity contribution in [2.75, 3.05) is 39.3 Å². The summed E-state index contributed by atoms with van der Waals surface area (Å²) >= 11 is 1.55. The van der Waals surface area contributed by atoms with Crippen LogP contribution in [0.25, 0.3) is 10.2 Å². The number of carbonyl (C=O) groups excluding carboxylic acids is 1. The number of ether oxygens (including phenoxy) is 1. The van der Waals surface area contributed by atoms with Crippen LogP contribution in [0.4, 0.5) is 0 Å². The van der Waals surface area contributed by atoms with E-state index in [9.17, 15) is 4.79 Å². The minimum Gasteiger partial charge on any atom is -0.377 e. The molecule has 24 heavy (non-hydrogen) atoms. The molecule has 0 spiro atoms. The Hall–Kier alpha value is -1.44.